The van der Waals surface area contributed by atoms with E-state index in [0.717, 1.165) is 5.69 Å². The highest BCUT2D eigenvalue weighted by molar-refractivity contribution is 5.74. The Morgan fingerprint density at radius 1 is 1.70 bits per heavy atom. The first-order valence-corrected chi connectivity index (χ1v) is 2.98. The third-order valence-electron chi connectivity index (χ3n) is 1.09. The molecule has 0 atom stereocenters. The van der Waals surface area contributed by atoms with E-state index in [0.29, 0.717) is 0 Å². The van der Waals surface area contributed by atoms with Crippen LogP contribution < -0.4 is 0 Å². The van der Waals surface area contributed by atoms with Gasteiger partial charge in [-0.15, -0.1) is 0 Å². The fourth-order valence-corrected chi connectivity index (χ4v) is 0.666. The van der Waals surface area contributed by atoms with Gasteiger partial charge < -0.3 is 9.98 Å². The minimum atomic E-state index is 0.881. The normalized spacial score (nSPS) is 10.5. The van der Waals surface area contributed by atoms with E-state index in [4.69, 9.17) is 5.41 Å². The Morgan fingerprint density at radius 2 is 2.50 bits per heavy atom. The van der Waals surface area contributed by atoms with E-state index >= 15 is 0 Å². The summed E-state index contributed by atoms with van der Waals surface area (Å²) in [5.41, 5.74) is 0.881. The maximum absolute atomic E-state index is 6.71. The first-order valence-electron chi connectivity index (χ1n) is 2.98. The molecule has 3 heteroatoms. The van der Waals surface area contributed by atoms with Crippen LogP contribution in [-0.4, -0.2) is 15.8 Å². The molecule has 0 fully saturated rings. The number of nitrogens with zero attached hydrogens (tertiary/aromatic N) is 2. The number of hydrogen-bond donors (Lipinski definition) is 1. The lowest BCUT2D eigenvalue weighted by atomic mass is 10.4. The van der Waals surface area contributed by atoms with Crippen LogP contribution in [0.5, 0.6) is 0 Å². The van der Waals surface area contributed by atoms with Gasteiger partial charge >= 0.3 is 0 Å². The second kappa shape index (κ2) is 2.96. The van der Waals surface area contributed by atoms with Gasteiger partial charge in [-0.05, 0) is 12.2 Å². The molecule has 1 aromatic heterocycles. The molecule has 0 saturated heterocycles. The number of aryl methyl sites for hydroxylation is 1. The van der Waals surface area contributed by atoms with Crippen molar-refractivity contribution in [1.82, 2.24) is 9.55 Å². The molecule has 1 rings (SSSR count). The highest BCUT2D eigenvalue weighted by Crippen LogP contribution is 1.95. The maximum atomic E-state index is 6.71. The second-order valence-electron chi connectivity index (χ2n) is 1.99. The molecule has 1 aromatic rings. The number of rotatable bonds is 2. The number of hydrogen-bond acceptors (Lipinski definition) is 2. The van der Waals surface area contributed by atoms with Crippen molar-refractivity contribution in [2.24, 2.45) is 7.05 Å². The van der Waals surface area contributed by atoms with Crippen molar-refractivity contribution in [3.05, 3.63) is 24.3 Å². The Bertz CT molecular complexity index is 247. The van der Waals surface area contributed by atoms with Crippen molar-refractivity contribution >= 4 is 12.3 Å². The van der Waals surface area contributed by atoms with Crippen LogP contribution in [0.15, 0.2) is 18.6 Å². The van der Waals surface area contributed by atoms with Crippen LogP contribution >= 0.6 is 0 Å². The third-order valence-corrected chi connectivity index (χ3v) is 1.09. The predicted molar refractivity (Wildman–Crippen MR) is 41.0 cm³/mol. The van der Waals surface area contributed by atoms with Crippen LogP contribution in [0, 0.1) is 5.41 Å². The molecule has 0 aromatic carbocycles. The number of allylic oxidation sites excluding steroid dienone is 1. The summed E-state index contributed by atoms with van der Waals surface area (Å²) >= 11 is 0. The van der Waals surface area contributed by atoms with Crippen molar-refractivity contribution in [3.8, 4) is 0 Å². The van der Waals surface area contributed by atoms with Crippen LogP contribution in [0.4, 0.5) is 0 Å². The van der Waals surface area contributed by atoms with Gasteiger partial charge in [-0.2, -0.15) is 0 Å². The van der Waals surface area contributed by atoms with Crippen LogP contribution in [0.3, 0.4) is 0 Å². The SMILES string of the molecule is Cn1cnc(C=CC=N)c1. The van der Waals surface area contributed by atoms with Crippen molar-refractivity contribution in [2.75, 3.05) is 0 Å². The summed E-state index contributed by atoms with van der Waals surface area (Å²) in [6.07, 6.45) is 8.27. The van der Waals surface area contributed by atoms with Crippen LogP contribution in [-0.2, 0) is 7.05 Å². The fraction of sp³-hybridized carbons (Fsp3) is 0.143. The van der Waals surface area contributed by atoms with Gasteiger partial charge in [0.2, 0.25) is 0 Å². The van der Waals surface area contributed by atoms with Gasteiger partial charge in [0.1, 0.15) is 0 Å². The van der Waals surface area contributed by atoms with Gasteiger partial charge in [-0.1, -0.05) is 0 Å². The summed E-state index contributed by atoms with van der Waals surface area (Å²) in [6, 6.07) is 0. The van der Waals surface area contributed by atoms with Gasteiger partial charge in [0.25, 0.3) is 0 Å². The fourth-order valence-electron chi connectivity index (χ4n) is 0.666. The lowest BCUT2D eigenvalue weighted by Gasteiger charge is -1.80. The van der Waals surface area contributed by atoms with Crippen LogP contribution in [0.1, 0.15) is 5.69 Å². The molecule has 0 radical (unpaired) electrons. The monoisotopic (exact) mass is 135 g/mol. The van der Waals surface area contributed by atoms with E-state index in [9.17, 15) is 0 Å². The van der Waals surface area contributed by atoms with Gasteiger partial charge in [-0.3, -0.25) is 0 Å². The molecule has 0 unspecified atom stereocenters. The molecule has 0 saturated carbocycles. The average molecular weight is 135 g/mol. The predicted octanol–water partition coefficient (Wildman–Crippen LogP) is 1.08. The number of nitrogens with one attached hydrogen (secondary N) is 1. The van der Waals surface area contributed by atoms with Crippen molar-refractivity contribution < 1.29 is 0 Å². The Labute approximate surface area is 59.5 Å². The van der Waals surface area contributed by atoms with E-state index in [1.54, 1.807) is 18.5 Å². The average Bonchev–Trinajstić information content (AvgIpc) is 2.31. The smallest absolute Gasteiger partial charge is 0.0950 e. The zero-order chi connectivity index (χ0) is 7.40. The zero-order valence-corrected chi connectivity index (χ0v) is 5.78. The molecular weight excluding hydrogens is 126 g/mol. The lowest BCUT2D eigenvalue weighted by molar-refractivity contribution is 0.913. The molecule has 0 aliphatic carbocycles. The van der Waals surface area contributed by atoms with E-state index < -0.39 is 0 Å². The summed E-state index contributed by atoms with van der Waals surface area (Å²) < 4.78 is 1.86. The summed E-state index contributed by atoms with van der Waals surface area (Å²) in [5.74, 6) is 0. The van der Waals surface area contributed by atoms with E-state index in [1.165, 1.54) is 6.21 Å². The number of aromatic nitrogens is 2. The molecule has 0 aliphatic rings. The molecule has 0 bridgehead atoms. The molecule has 1 heterocycles. The quantitative estimate of drug-likeness (QED) is 0.606. The Morgan fingerprint density at radius 3 is 3.00 bits per heavy atom. The number of imidazole rings is 1. The highest BCUT2D eigenvalue weighted by atomic mass is 15.0. The highest BCUT2D eigenvalue weighted by Gasteiger charge is 1.86. The Hall–Kier alpha value is -1.38. The van der Waals surface area contributed by atoms with E-state index in [2.05, 4.69) is 4.98 Å². The van der Waals surface area contributed by atoms with Crippen LogP contribution in [0.25, 0.3) is 6.08 Å². The standard InChI is InChI=1S/C7H9N3/c1-10-5-7(9-6-10)3-2-4-8/h2-6,8H,1H3. The summed E-state index contributed by atoms with van der Waals surface area (Å²) in [5, 5.41) is 6.71. The molecule has 0 amide bonds. The topological polar surface area (TPSA) is 41.7 Å². The molecule has 3 nitrogen and oxygen atoms in total. The first kappa shape index (κ1) is 6.74. The second-order valence-corrected chi connectivity index (χ2v) is 1.99. The van der Waals surface area contributed by atoms with Crippen molar-refractivity contribution in [1.29, 1.82) is 5.41 Å². The van der Waals surface area contributed by atoms with Gasteiger partial charge in [0, 0.05) is 19.5 Å². The van der Waals surface area contributed by atoms with E-state index in [-0.39, 0.29) is 0 Å². The molecule has 1 N–H and O–H groups in total. The molecule has 0 aliphatic heterocycles. The minimum Gasteiger partial charge on any atom is -0.340 e. The summed E-state index contributed by atoms with van der Waals surface area (Å²) in [6.45, 7) is 0. The third kappa shape index (κ3) is 1.55. The largest absolute Gasteiger partial charge is 0.340 e. The Kier molecular flexibility index (Phi) is 1.99. The molecule has 10 heavy (non-hydrogen) atoms. The van der Waals surface area contributed by atoms with Crippen LogP contribution in [0.2, 0.25) is 0 Å². The summed E-state index contributed by atoms with van der Waals surface area (Å²) in [7, 11) is 1.91. The minimum absolute atomic E-state index is 0.881. The van der Waals surface area contributed by atoms with Gasteiger partial charge in [0.15, 0.2) is 0 Å². The molecular formula is C7H9N3. The van der Waals surface area contributed by atoms with Gasteiger partial charge in [0.05, 0.1) is 12.0 Å². The van der Waals surface area contributed by atoms with Gasteiger partial charge in [-0.25, -0.2) is 4.98 Å². The lowest BCUT2D eigenvalue weighted by Crippen LogP contribution is -1.77. The van der Waals surface area contributed by atoms with Crippen molar-refractivity contribution in [3.63, 3.8) is 0 Å². The molecule has 52 valence electrons. The first-order chi connectivity index (χ1) is 4.83. The van der Waals surface area contributed by atoms with E-state index in [1.807, 2.05) is 17.8 Å². The maximum Gasteiger partial charge on any atom is 0.0950 e. The molecule has 0 spiro atoms. The summed E-state index contributed by atoms with van der Waals surface area (Å²) in [4.78, 5) is 4.03. The van der Waals surface area contributed by atoms with Crippen molar-refractivity contribution in [2.45, 2.75) is 0 Å². The Balaban J connectivity index is 2.75. The zero-order valence-electron chi connectivity index (χ0n) is 5.78.